The van der Waals surface area contributed by atoms with Crippen LogP contribution in [0.25, 0.3) is 11.1 Å². The minimum absolute atomic E-state index is 0.0547. The maximum atomic E-state index is 12.7. The molecule has 0 aliphatic rings. The third-order valence-corrected chi connectivity index (χ3v) is 4.88. The minimum Gasteiger partial charge on any atom is -0.485 e. The number of nitrogens with two attached hydrogens (primary N) is 1. The third kappa shape index (κ3) is 4.76. The van der Waals surface area contributed by atoms with Gasteiger partial charge in [-0.25, -0.2) is 4.79 Å². The Bertz CT molecular complexity index is 1290. The Balaban J connectivity index is 1.58. The fourth-order valence-corrected chi connectivity index (χ4v) is 3.21. The first-order chi connectivity index (χ1) is 15.5. The van der Waals surface area contributed by atoms with Gasteiger partial charge in [-0.3, -0.25) is 9.78 Å². The Kier molecular flexibility index (Phi) is 6.14. The van der Waals surface area contributed by atoms with E-state index < -0.39 is 5.82 Å². The van der Waals surface area contributed by atoms with Gasteiger partial charge in [-0.15, -0.1) is 0 Å². The number of rotatable bonds is 7. The van der Waals surface area contributed by atoms with Crippen LogP contribution < -0.4 is 21.6 Å². The number of aryl methyl sites for hydroxylation is 1. The van der Waals surface area contributed by atoms with Crippen molar-refractivity contribution >= 4 is 11.6 Å². The second kappa shape index (κ2) is 9.32. The molecule has 162 valence electrons. The second-order valence-electron chi connectivity index (χ2n) is 7.02. The molecule has 0 spiro atoms. The van der Waals surface area contributed by atoms with Gasteiger partial charge in [-0.1, -0.05) is 18.2 Å². The van der Waals surface area contributed by atoms with Crippen molar-refractivity contribution < 1.29 is 18.4 Å². The van der Waals surface area contributed by atoms with Crippen molar-refractivity contribution in [2.45, 2.75) is 20.1 Å². The predicted octanol–water partition coefficient (Wildman–Crippen LogP) is 3.89. The van der Waals surface area contributed by atoms with Gasteiger partial charge in [-0.05, 0) is 60.0 Å². The maximum absolute atomic E-state index is 12.7. The molecule has 0 radical (unpaired) electrons. The first-order valence-electron chi connectivity index (χ1n) is 9.90. The van der Waals surface area contributed by atoms with Crippen LogP contribution in [0.1, 0.15) is 27.4 Å². The summed E-state index contributed by atoms with van der Waals surface area (Å²) in [4.78, 5) is 27.9. The highest BCUT2D eigenvalue weighted by Crippen LogP contribution is 2.29. The standard InChI is InChI=1S/C24H21N3O5/c1-15-22(32-24(29)31-15)14-30-20-4-2-3-16(11-20)21-12-17(5-6-18(21)13-25)23(28)27-19-7-9-26-10-8-19/h2-12H,13-14,25H2,1H3,(H,26,27,28). The summed E-state index contributed by atoms with van der Waals surface area (Å²) in [5, 5.41) is 2.85. The van der Waals surface area contributed by atoms with Crippen molar-refractivity contribution in [3.63, 3.8) is 0 Å². The average Bonchev–Trinajstić information content (AvgIpc) is 3.14. The molecule has 8 nitrogen and oxygen atoms in total. The van der Waals surface area contributed by atoms with Crippen molar-refractivity contribution in [1.82, 2.24) is 4.98 Å². The van der Waals surface area contributed by atoms with E-state index in [1.165, 1.54) is 0 Å². The Hall–Kier alpha value is -4.17. The van der Waals surface area contributed by atoms with Crippen LogP contribution in [0.2, 0.25) is 0 Å². The summed E-state index contributed by atoms with van der Waals surface area (Å²) < 4.78 is 15.6. The summed E-state index contributed by atoms with van der Waals surface area (Å²) in [7, 11) is 0. The summed E-state index contributed by atoms with van der Waals surface area (Å²) in [6.07, 6.45) is 3.22. The van der Waals surface area contributed by atoms with Gasteiger partial charge >= 0.3 is 5.82 Å². The van der Waals surface area contributed by atoms with Crippen molar-refractivity contribution in [1.29, 1.82) is 0 Å². The Morgan fingerprint density at radius 1 is 1.09 bits per heavy atom. The number of carbonyl (C=O) groups is 1. The van der Waals surface area contributed by atoms with Gasteiger partial charge in [0.15, 0.2) is 11.5 Å². The molecule has 2 heterocycles. The van der Waals surface area contributed by atoms with Gasteiger partial charge in [-0.2, -0.15) is 0 Å². The topological polar surface area (TPSA) is 121 Å². The van der Waals surface area contributed by atoms with E-state index in [4.69, 9.17) is 19.3 Å². The van der Waals surface area contributed by atoms with Crippen molar-refractivity contribution in [3.8, 4) is 16.9 Å². The van der Waals surface area contributed by atoms with E-state index in [2.05, 4.69) is 10.3 Å². The van der Waals surface area contributed by atoms with E-state index in [0.717, 1.165) is 16.7 Å². The minimum atomic E-state index is -0.760. The van der Waals surface area contributed by atoms with Crippen molar-refractivity contribution in [2.24, 2.45) is 5.73 Å². The summed E-state index contributed by atoms with van der Waals surface area (Å²) in [6, 6.07) is 16.2. The first-order valence-corrected chi connectivity index (χ1v) is 9.90. The fourth-order valence-electron chi connectivity index (χ4n) is 3.21. The van der Waals surface area contributed by atoms with Crippen LogP contribution in [0.3, 0.4) is 0 Å². The lowest BCUT2D eigenvalue weighted by molar-refractivity contribution is 0.102. The number of nitrogens with zero attached hydrogens (tertiary/aromatic N) is 1. The van der Waals surface area contributed by atoms with Crippen LogP contribution in [0.15, 0.2) is 80.6 Å². The Morgan fingerprint density at radius 3 is 2.62 bits per heavy atom. The molecular weight excluding hydrogens is 410 g/mol. The highest BCUT2D eigenvalue weighted by atomic mass is 16.6. The lowest BCUT2D eigenvalue weighted by Gasteiger charge is -2.13. The number of hydrogen-bond donors (Lipinski definition) is 2. The van der Waals surface area contributed by atoms with Gasteiger partial charge < -0.3 is 24.6 Å². The number of aromatic nitrogens is 1. The molecule has 0 saturated carbocycles. The molecule has 0 fully saturated rings. The Labute approximate surface area is 183 Å². The molecule has 0 unspecified atom stereocenters. The molecule has 0 bridgehead atoms. The molecule has 4 aromatic rings. The van der Waals surface area contributed by atoms with Gasteiger partial charge in [0.25, 0.3) is 5.91 Å². The molecule has 3 N–H and O–H groups in total. The molecule has 0 saturated heterocycles. The molecule has 1 amide bonds. The van der Waals surface area contributed by atoms with E-state index in [-0.39, 0.29) is 12.5 Å². The van der Waals surface area contributed by atoms with Crippen LogP contribution in [0.4, 0.5) is 5.69 Å². The average molecular weight is 431 g/mol. The van der Waals surface area contributed by atoms with E-state index >= 15 is 0 Å². The highest BCUT2D eigenvalue weighted by Gasteiger charge is 2.13. The molecule has 0 aliphatic carbocycles. The largest absolute Gasteiger partial charge is 0.519 e. The van der Waals surface area contributed by atoms with E-state index in [0.29, 0.717) is 35.1 Å². The second-order valence-corrected chi connectivity index (χ2v) is 7.02. The van der Waals surface area contributed by atoms with Gasteiger partial charge in [0.2, 0.25) is 0 Å². The molecule has 4 rings (SSSR count). The monoisotopic (exact) mass is 431 g/mol. The molecule has 0 aliphatic heterocycles. The summed E-state index contributed by atoms with van der Waals surface area (Å²) >= 11 is 0. The summed E-state index contributed by atoms with van der Waals surface area (Å²) in [5.41, 5.74) is 9.65. The molecule has 2 aromatic carbocycles. The number of benzene rings is 2. The molecule has 0 atom stereocenters. The van der Waals surface area contributed by atoms with Gasteiger partial charge in [0, 0.05) is 30.2 Å². The quantitative estimate of drug-likeness (QED) is 0.455. The number of ether oxygens (including phenoxy) is 1. The normalized spacial score (nSPS) is 10.7. The number of hydrogen-bond acceptors (Lipinski definition) is 7. The zero-order valence-corrected chi connectivity index (χ0v) is 17.3. The lowest BCUT2D eigenvalue weighted by Crippen LogP contribution is -2.12. The molecular formula is C24H21N3O5. The zero-order valence-electron chi connectivity index (χ0n) is 17.3. The number of pyridine rings is 1. The number of anilines is 1. The molecule has 2 aromatic heterocycles. The van der Waals surface area contributed by atoms with Gasteiger partial charge in [0.05, 0.1) is 0 Å². The maximum Gasteiger partial charge on any atom is 0.519 e. The smallest absolute Gasteiger partial charge is 0.485 e. The zero-order chi connectivity index (χ0) is 22.5. The van der Waals surface area contributed by atoms with E-state index in [9.17, 15) is 9.59 Å². The van der Waals surface area contributed by atoms with Crippen LogP contribution in [-0.4, -0.2) is 10.9 Å². The highest BCUT2D eigenvalue weighted by molar-refractivity contribution is 6.05. The van der Waals surface area contributed by atoms with Gasteiger partial charge in [0.1, 0.15) is 12.4 Å². The van der Waals surface area contributed by atoms with Crippen LogP contribution in [0, 0.1) is 6.92 Å². The van der Waals surface area contributed by atoms with Crippen LogP contribution >= 0.6 is 0 Å². The van der Waals surface area contributed by atoms with E-state index in [1.54, 1.807) is 49.6 Å². The van der Waals surface area contributed by atoms with E-state index in [1.807, 2.05) is 24.3 Å². The van der Waals surface area contributed by atoms with Crippen molar-refractivity contribution in [2.75, 3.05) is 5.32 Å². The lowest BCUT2D eigenvalue weighted by atomic mass is 9.96. The molecule has 32 heavy (non-hydrogen) atoms. The SMILES string of the molecule is Cc1oc(=O)oc1COc1cccc(-c2cc(C(=O)Nc3ccncc3)ccc2CN)c1. The summed E-state index contributed by atoms with van der Waals surface area (Å²) in [5.74, 6) is 0.283. The fraction of sp³-hybridized carbons (Fsp3) is 0.125. The predicted molar refractivity (Wildman–Crippen MR) is 118 cm³/mol. The third-order valence-electron chi connectivity index (χ3n) is 4.88. The van der Waals surface area contributed by atoms with Crippen LogP contribution in [-0.2, 0) is 13.2 Å². The first kappa shape index (κ1) is 21.1. The molecule has 8 heteroatoms. The van der Waals surface area contributed by atoms with Crippen molar-refractivity contribution in [3.05, 3.63) is 100 Å². The number of nitrogens with one attached hydrogen (secondary N) is 1. The van der Waals surface area contributed by atoms with Crippen LogP contribution in [0.5, 0.6) is 5.75 Å². The number of amides is 1. The summed E-state index contributed by atoms with van der Waals surface area (Å²) in [6.45, 7) is 2.00. The Morgan fingerprint density at radius 2 is 1.91 bits per heavy atom. The number of carbonyl (C=O) groups excluding carboxylic acids is 1.